The fourth-order valence-corrected chi connectivity index (χ4v) is 1.02. The molecule has 1 aromatic carbocycles. The van der Waals surface area contributed by atoms with Gasteiger partial charge in [0.2, 0.25) is 0 Å². The summed E-state index contributed by atoms with van der Waals surface area (Å²) in [7, 11) is 0. The maximum absolute atomic E-state index is 4.18. The van der Waals surface area contributed by atoms with E-state index in [1.54, 1.807) is 0 Å². The third-order valence-electron chi connectivity index (χ3n) is 1.51. The van der Waals surface area contributed by atoms with Crippen molar-refractivity contribution < 1.29 is 2.85 Å². The second-order valence-electron chi connectivity index (χ2n) is 2.20. The van der Waals surface area contributed by atoms with E-state index in [-0.39, 0.29) is 40.6 Å². The minimum Gasteiger partial charge on any atom is -1.00 e. The third-order valence-corrected chi connectivity index (χ3v) is 1.51. The van der Waals surface area contributed by atoms with Gasteiger partial charge in [-0.25, -0.2) is 0 Å². The first-order chi connectivity index (χ1) is 4.97. The van der Waals surface area contributed by atoms with Crippen molar-refractivity contribution in [3.8, 4) is 0 Å². The number of aromatic nitrogens is 1. The Bertz CT molecular complexity index is 289. The Balaban J connectivity index is 0. The Morgan fingerprint density at radius 1 is 1.00 bits per heavy atom. The molecule has 0 bridgehead atoms. The normalized spacial score (nSPS) is 9.09. The Kier molecular flexibility index (Phi) is 3.31. The van der Waals surface area contributed by atoms with Crippen molar-refractivity contribution in [2.45, 2.75) is 0 Å². The van der Waals surface area contributed by atoms with Crippen molar-refractivity contribution in [2.75, 3.05) is 0 Å². The van der Waals surface area contributed by atoms with E-state index in [0.717, 1.165) is 5.52 Å². The molecule has 1 nitrogen and oxygen atoms in total. The van der Waals surface area contributed by atoms with E-state index in [9.17, 15) is 0 Å². The molecule has 0 radical (unpaired) electrons. The predicted molar refractivity (Wildman–Crippen MR) is 49.7 cm³/mol. The van der Waals surface area contributed by atoms with E-state index in [4.69, 9.17) is 0 Å². The quantitative estimate of drug-likeness (QED) is 0.553. The molecule has 0 unspecified atom stereocenters. The van der Waals surface area contributed by atoms with Crippen LogP contribution < -0.4 is 0 Å². The first-order valence-corrected chi connectivity index (χ1v) is 3.26. The van der Waals surface area contributed by atoms with Gasteiger partial charge < -0.3 is 2.85 Å². The monoisotopic (exact) mass is 171 g/mol. The molecule has 0 saturated heterocycles. The second kappa shape index (κ2) is 4.05. The fourth-order valence-electron chi connectivity index (χ4n) is 1.02. The van der Waals surface area contributed by atoms with Crippen LogP contribution in [-0.2, 0) is 0 Å². The minimum atomic E-state index is 0. The van der Waals surface area contributed by atoms with Gasteiger partial charge in [-0.15, -0.1) is 0 Å². The molecule has 2 heteroatoms. The summed E-state index contributed by atoms with van der Waals surface area (Å²) in [5.41, 5.74) is 1.06. The van der Waals surface area contributed by atoms with Gasteiger partial charge in [-0.05, 0) is 12.1 Å². The van der Waals surface area contributed by atoms with Crippen LogP contribution in [0.4, 0.5) is 0 Å². The van der Waals surface area contributed by atoms with Crippen LogP contribution in [0.25, 0.3) is 10.9 Å². The number of fused-ring (bicyclic) bond motifs is 1. The van der Waals surface area contributed by atoms with Gasteiger partial charge in [0.05, 0.1) is 5.52 Å². The fraction of sp³-hybridized carbons (Fsp3) is 0. The van der Waals surface area contributed by atoms with Crippen molar-refractivity contribution in [2.24, 2.45) is 0 Å². The first-order valence-electron chi connectivity index (χ1n) is 3.26. The van der Waals surface area contributed by atoms with E-state index < -0.39 is 0 Å². The zero-order valence-corrected chi connectivity index (χ0v) is 8.40. The summed E-state index contributed by atoms with van der Waals surface area (Å²) in [6.45, 7) is 0. The summed E-state index contributed by atoms with van der Waals surface area (Å²) in [6.07, 6.45) is 1.81. The summed E-state index contributed by atoms with van der Waals surface area (Å²) in [6, 6.07) is 12.1. The van der Waals surface area contributed by atoms with Crippen LogP contribution in [0, 0.1) is 0 Å². The smallest absolute Gasteiger partial charge is 1.00 e. The second-order valence-corrected chi connectivity index (χ2v) is 2.20. The molecule has 0 atom stereocenters. The van der Waals surface area contributed by atoms with E-state index in [1.165, 1.54) is 5.39 Å². The molecule has 11 heavy (non-hydrogen) atoms. The van der Waals surface area contributed by atoms with Gasteiger partial charge in [-0.2, -0.15) is 0 Å². The number of hydrogen-bond acceptors (Lipinski definition) is 1. The minimum absolute atomic E-state index is 0. The van der Waals surface area contributed by atoms with Crippen LogP contribution in [0.15, 0.2) is 42.6 Å². The van der Waals surface area contributed by atoms with Crippen LogP contribution in [0.5, 0.6) is 0 Å². The number of benzene rings is 1. The topological polar surface area (TPSA) is 12.9 Å². The van der Waals surface area contributed by atoms with Gasteiger partial charge in [-0.1, -0.05) is 24.3 Å². The molecule has 0 aliphatic heterocycles. The Hall–Kier alpha value is -0.110. The maximum atomic E-state index is 4.18. The molecule has 0 amide bonds. The van der Waals surface area contributed by atoms with Crippen molar-refractivity contribution in [1.29, 1.82) is 0 Å². The summed E-state index contributed by atoms with van der Waals surface area (Å²) in [5, 5.41) is 1.20. The van der Waals surface area contributed by atoms with E-state index in [2.05, 4.69) is 17.1 Å². The first kappa shape index (κ1) is 8.98. The van der Waals surface area contributed by atoms with Crippen LogP contribution >= 0.6 is 0 Å². The third kappa shape index (κ3) is 1.92. The molecule has 0 fully saturated rings. The maximum Gasteiger partial charge on any atom is 2.00 e. The number of para-hydroxylation sites is 1. The van der Waals surface area contributed by atoms with Gasteiger partial charge in [-0.3, -0.25) is 4.98 Å². The molecule has 0 spiro atoms. The van der Waals surface area contributed by atoms with Crippen molar-refractivity contribution in [3.05, 3.63) is 42.6 Å². The van der Waals surface area contributed by atoms with Crippen molar-refractivity contribution in [3.63, 3.8) is 0 Å². The molecule has 1 heterocycles. The zero-order chi connectivity index (χ0) is 6.81. The number of rotatable bonds is 0. The average Bonchev–Trinajstić information content (AvgIpc) is 2.05. The summed E-state index contributed by atoms with van der Waals surface area (Å²) in [5.74, 6) is 0. The zero-order valence-electron chi connectivity index (χ0n) is 8.20. The van der Waals surface area contributed by atoms with Crippen molar-refractivity contribution >= 4 is 48.6 Å². The molecule has 1 aromatic heterocycles. The SMILES string of the molecule is [Ca+2].[H-].[H-].c1ccc2ncccc2c1. The number of hydrogen-bond donors (Lipinski definition) is 0. The molecule has 0 saturated carbocycles. The predicted octanol–water partition coefficient (Wildman–Crippen LogP) is 2.08. The number of nitrogens with zero attached hydrogens (tertiary/aromatic N) is 1. The number of pyridine rings is 1. The summed E-state index contributed by atoms with van der Waals surface area (Å²) in [4.78, 5) is 4.18. The van der Waals surface area contributed by atoms with Gasteiger partial charge in [0.25, 0.3) is 0 Å². The standard InChI is InChI=1S/C9H7N.Ca.2H/c1-2-6-9-8(4-1)5-3-7-10-9;;;/h1-7H;;;/q;+2;2*-1. The molecule has 0 aliphatic carbocycles. The summed E-state index contributed by atoms with van der Waals surface area (Å²) >= 11 is 0. The van der Waals surface area contributed by atoms with E-state index >= 15 is 0 Å². The average molecular weight is 171 g/mol. The summed E-state index contributed by atoms with van der Waals surface area (Å²) < 4.78 is 0. The van der Waals surface area contributed by atoms with Crippen LogP contribution in [0.1, 0.15) is 2.85 Å². The van der Waals surface area contributed by atoms with Crippen LogP contribution in [0.3, 0.4) is 0 Å². The Labute approximate surface area is 98.4 Å². The van der Waals surface area contributed by atoms with Gasteiger partial charge in [0, 0.05) is 11.6 Å². The van der Waals surface area contributed by atoms with Crippen LogP contribution in [0.2, 0.25) is 0 Å². The molecular weight excluding hydrogens is 162 g/mol. The van der Waals surface area contributed by atoms with E-state index in [1.807, 2.05) is 30.5 Å². The largest absolute Gasteiger partial charge is 2.00 e. The molecule has 0 aliphatic rings. The molecule has 2 rings (SSSR count). The Morgan fingerprint density at radius 3 is 2.55 bits per heavy atom. The molecule has 52 valence electrons. The molecular formula is C9H9CaN. The van der Waals surface area contributed by atoms with Gasteiger partial charge >= 0.3 is 37.7 Å². The molecule has 2 aromatic rings. The van der Waals surface area contributed by atoms with Crippen LogP contribution in [-0.4, -0.2) is 42.7 Å². The Morgan fingerprint density at radius 2 is 1.73 bits per heavy atom. The van der Waals surface area contributed by atoms with Gasteiger partial charge in [0.1, 0.15) is 0 Å². The van der Waals surface area contributed by atoms with E-state index in [0.29, 0.717) is 0 Å². The molecule has 0 N–H and O–H groups in total. The van der Waals surface area contributed by atoms with Gasteiger partial charge in [0.15, 0.2) is 0 Å². The van der Waals surface area contributed by atoms with Crippen molar-refractivity contribution in [1.82, 2.24) is 4.98 Å².